The zero-order valence-corrected chi connectivity index (χ0v) is 17.3. The molecular weight excluding hydrogens is 412 g/mol. The van der Waals surface area contributed by atoms with Crippen molar-refractivity contribution in [3.8, 4) is 22.8 Å². The lowest BCUT2D eigenvalue weighted by molar-refractivity contribution is 0.0997. The Morgan fingerprint density at radius 3 is 2.58 bits per heavy atom. The van der Waals surface area contributed by atoms with Gasteiger partial charge in [0, 0.05) is 21.8 Å². The molecule has 0 aliphatic carbocycles. The molecule has 0 aliphatic rings. The average Bonchev–Trinajstić information content (AvgIpc) is 3.42. The maximum absolute atomic E-state index is 12.7. The third-order valence-electron chi connectivity index (χ3n) is 4.87. The Bertz CT molecular complexity index is 1400. The molecule has 0 saturated heterocycles. The van der Waals surface area contributed by atoms with E-state index in [0.717, 1.165) is 27.8 Å². The molecule has 0 atom stereocenters. The number of furan rings is 1. The second kappa shape index (κ2) is 7.78. The van der Waals surface area contributed by atoms with Gasteiger partial charge in [-0.05, 0) is 79.2 Å². The van der Waals surface area contributed by atoms with E-state index in [4.69, 9.17) is 20.4 Å². The summed E-state index contributed by atoms with van der Waals surface area (Å²) in [5.41, 5.74) is 4.87. The first kappa shape index (κ1) is 19.2. The topological polar surface area (TPSA) is 68.3 Å². The number of rotatable bonds is 4. The molecule has 3 aromatic carbocycles. The maximum Gasteiger partial charge on any atom is 0.291 e. The number of aryl methyl sites for hydroxylation is 1. The highest BCUT2D eigenvalue weighted by Crippen LogP contribution is 2.28. The number of carbonyl (C=O) groups is 1. The molecule has 1 N–H and O–H groups in total. The van der Waals surface area contributed by atoms with Gasteiger partial charge in [0.25, 0.3) is 5.91 Å². The molecule has 5 nitrogen and oxygen atoms in total. The number of fused-ring (bicyclic) bond motifs is 1. The standard InChI is InChI=1S/C25H17ClN2O3/c1-15-5-10-22-20(13-15)28-25(31-22)17-3-2-4-19(14-17)27-24(29)23-12-11-21(30-23)16-6-8-18(26)9-7-16/h2-14H,1H3,(H,27,29). The summed E-state index contributed by atoms with van der Waals surface area (Å²) in [6.45, 7) is 2.01. The first-order valence-electron chi connectivity index (χ1n) is 9.70. The summed E-state index contributed by atoms with van der Waals surface area (Å²) in [5.74, 6) is 0.968. The molecule has 0 fully saturated rings. The van der Waals surface area contributed by atoms with Crippen LogP contribution in [0.1, 0.15) is 16.1 Å². The van der Waals surface area contributed by atoms with E-state index in [0.29, 0.717) is 22.4 Å². The Hall–Kier alpha value is -3.83. The number of nitrogens with one attached hydrogen (secondary N) is 1. The van der Waals surface area contributed by atoms with Crippen LogP contribution in [0, 0.1) is 6.92 Å². The van der Waals surface area contributed by atoms with Crippen molar-refractivity contribution in [3.05, 3.63) is 95.2 Å². The highest BCUT2D eigenvalue weighted by Gasteiger charge is 2.14. The zero-order chi connectivity index (χ0) is 21.4. The lowest BCUT2D eigenvalue weighted by Crippen LogP contribution is -2.10. The molecule has 31 heavy (non-hydrogen) atoms. The molecule has 0 bridgehead atoms. The Balaban J connectivity index is 1.36. The van der Waals surface area contributed by atoms with Crippen molar-refractivity contribution in [2.24, 2.45) is 0 Å². The van der Waals surface area contributed by atoms with Gasteiger partial charge in [0.2, 0.25) is 5.89 Å². The van der Waals surface area contributed by atoms with Crippen molar-refractivity contribution < 1.29 is 13.6 Å². The minimum atomic E-state index is -0.342. The molecule has 2 heterocycles. The number of carbonyl (C=O) groups excluding carboxylic acids is 1. The molecule has 152 valence electrons. The monoisotopic (exact) mass is 428 g/mol. The van der Waals surface area contributed by atoms with E-state index in [-0.39, 0.29) is 11.7 Å². The number of aromatic nitrogens is 1. The number of benzene rings is 3. The second-order valence-electron chi connectivity index (χ2n) is 7.20. The van der Waals surface area contributed by atoms with Gasteiger partial charge in [0.05, 0.1) is 0 Å². The zero-order valence-electron chi connectivity index (χ0n) is 16.6. The van der Waals surface area contributed by atoms with Crippen LogP contribution in [-0.4, -0.2) is 10.9 Å². The summed E-state index contributed by atoms with van der Waals surface area (Å²) >= 11 is 5.93. The Morgan fingerprint density at radius 2 is 1.74 bits per heavy atom. The van der Waals surface area contributed by atoms with Gasteiger partial charge in [-0.15, -0.1) is 0 Å². The maximum atomic E-state index is 12.7. The lowest BCUT2D eigenvalue weighted by Gasteiger charge is -2.04. The van der Waals surface area contributed by atoms with Crippen LogP contribution >= 0.6 is 11.6 Å². The van der Waals surface area contributed by atoms with Crippen LogP contribution in [0.15, 0.2) is 87.7 Å². The van der Waals surface area contributed by atoms with E-state index in [1.807, 2.05) is 55.5 Å². The van der Waals surface area contributed by atoms with Gasteiger partial charge < -0.3 is 14.2 Å². The number of hydrogen-bond donors (Lipinski definition) is 1. The minimum Gasteiger partial charge on any atom is -0.451 e. The van der Waals surface area contributed by atoms with Crippen molar-refractivity contribution in [1.29, 1.82) is 0 Å². The van der Waals surface area contributed by atoms with Crippen molar-refractivity contribution in [2.45, 2.75) is 6.92 Å². The van der Waals surface area contributed by atoms with Crippen LogP contribution in [0.3, 0.4) is 0 Å². The van der Waals surface area contributed by atoms with Crippen LogP contribution in [0.25, 0.3) is 33.9 Å². The van der Waals surface area contributed by atoms with Crippen LogP contribution in [0.2, 0.25) is 5.02 Å². The van der Waals surface area contributed by atoms with Gasteiger partial charge in [0.1, 0.15) is 11.3 Å². The third kappa shape index (κ3) is 3.96. The molecule has 0 radical (unpaired) electrons. The van der Waals surface area contributed by atoms with Crippen LogP contribution in [-0.2, 0) is 0 Å². The third-order valence-corrected chi connectivity index (χ3v) is 5.12. The predicted octanol–water partition coefficient (Wildman–Crippen LogP) is 6.97. The Labute approximate surface area is 183 Å². The van der Waals surface area contributed by atoms with Gasteiger partial charge in [-0.25, -0.2) is 4.98 Å². The van der Waals surface area contributed by atoms with E-state index < -0.39 is 0 Å². The molecule has 6 heteroatoms. The van der Waals surface area contributed by atoms with Crippen LogP contribution < -0.4 is 5.32 Å². The van der Waals surface area contributed by atoms with E-state index in [1.54, 1.807) is 30.3 Å². The first-order chi connectivity index (χ1) is 15.0. The van der Waals surface area contributed by atoms with Crippen LogP contribution in [0.4, 0.5) is 5.69 Å². The Kier molecular flexibility index (Phi) is 4.81. The fourth-order valence-corrected chi connectivity index (χ4v) is 3.44. The SMILES string of the molecule is Cc1ccc2oc(-c3cccc(NC(=O)c4ccc(-c5ccc(Cl)cc5)o4)c3)nc2c1. The first-order valence-corrected chi connectivity index (χ1v) is 10.1. The summed E-state index contributed by atoms with van der Waals surface area (Å²) in [6, 6.07) is 23.8. The second-order valence-corrected chi connectivity index (χ2v) is 7.63. The number of anilines is 1. The molecule has 1 amide bonds. The number of nitrogens with zero attached hydrogens (tertiary/aromatic N) is 1. The van der Waals surface area contributed by atoms with Crippen molar-refractivity contribution >= 4 is 34.3 Å². The van der Waals surface area contributed by atoms with Gasteiger partial charge in [-0.1, -0.05) is 23.7 Å². The summed E-state index contributed by atoms with van der Waals surface area (Å²) in [7, 11) is 0. The summed E-state index contributed by atoms with van der Waals surface area (Å²) in [4.78, 5) is 17.2. The van der Waals surface area contributed by atoms with Gasteiger partial charge in [-0.3, -0.25) is 4.79 Å². The number of amides is 1. The number of hydrogen-bond acceptors (Lipinski definition) is 4. The average molecular weight is 429 g/mol. The molecule has 0 saturated carbocycles. The molecular formula is C25H17ClN2O3. The normalized spacial score (nSPS) is 11.0. The molecule has 2 aromatic heterocycles. The fraction of sp³-hybridized carbons (Fsp3) is 0.0400. The molecule has 5 rings (SSSR count). The van der Waals surface area contributed by atoms with E-state index in [2.05, 4.69) is 10.3 Å². The highest BCUT2D eigenvalue weighted by molar-refractivity contribution is 6.30. The van der Waals surface area contributed by atoms with Crippen molar-refractivity contribution in [2.75, 3.05) is 5.32 Å². The van der Waals surface area contributed by atoms with Crippen molar-refractivity contribution in [3.63, 3.8) is 0 Å². The molecule has 0 spiro atoms. The van der Waals surface area contributed by atoms with Gasteiger partial charge in [0.15, 0.2) is 11.3 Å². The number of halogens is 1. The molecule has 0 aliphatic heterocycles. The largest absolute Gasteiger partial charge is 0.451 e. The van der Waals surface area contributed by atoms with E-state index >= 15 is 0 Å². The molecule has 5 aromatic rings. The summed E-state index contributed by atoms with van der Waals surface area (Å²) < 4.78 is 11.6. The van der Waals surface area contributed by atoms with E-state index in [1.165, 1.54) is 0 Å². The lowest BCUT2D eigenvalue weighted by atomic mass is 10.2. The quantitative estimate of drug-likeness (QED) is 0.335. The van der Waals surface area contributed by atoms with Crippen molar-refractivity contribution in [1.82, 2.24) is 4.98 Å². The Morgan fingerprint density at radius 1 is 0.903 bits per heavy atom. The predicted molar refractivity (Wildman–Crippen MR) is 121 cm³/mol. The summed E-state index contributed by atoms with van der Waals surface area (Å²) in [6.07, 6.45) is 0. The summed E-state index contributed by atoms with van der Waals surface area (Å²) in [5, 5.41) is 3.50. The minimum absolute atomic E-state index is 0.215. The molecule has 0 unspecified atom stereocenters. The van der Waals surface area contributed by atoms with Gasteiger partial charge >= 0.3 is 0 Å². The number of oxazole rings is 1. The smallest absolute Gasteiger partial charge is 0.291 e. The van der Waals surface area contributed by atoms with Crippen LogP contribution in [0.5, 0.6) is 0 Å². The highest BCUT2D eigenvalue weighted by atomic mass is 35.5. The van der Waals surface area contributed by atoms with E-state index in [9.17, 15) is 4.79 Å². The fourth-order valence-electron chi connectivity index (χ4n) is 3.31. The van der Waals surface area contributed by atoms with Gasteiger partial charge in [-0.2, -0.15) is 0 Å².